The Bertz CT molecular complexity index is 949. The van der Waals surface area contributed by atoms with Gasteiger partial charge in [-0.15, -0.1) is 0 Å². The smallest absolute Gasteiger partial charge is 0.358 e. The standard InChI is InChI=1S/C23H28FN3O5/c1-3-32-23(30)19-15-20(16-7-9-17(24)10-8-16)27(25-19)18-11-13-26(14-12-18)21(28)5-4-6-22(29)31-2/h7-10,15,18H,3-6,11-14H2,1-2H3. The maximum atomic E-state index is 13.4. The van der Waals surface area contributed by atoms with E-state index in [0.717, 1.165) is 5.56 Å². The van der Waals surface area contributed by atoms with Gasteiger partial charge in [-0.2, -0.15) is 5.10 Å². The SMILES string of the molecule is CCOC(=O)c1cc(-c2ccc(F)cc2)n(C2CCN(C(=O)CCCC(=O)OC)CC2)n1. The van der Waals surface area contributed by atoms with Crippen molar-refractivity contribution < 1.29 is 28.2 Å². The van der Waals surface area contributed by atoms with Crippen LogP contribution < -0.4 is 0 Å². The molecule has 1 aromatic heterocycles. The lowest BCUT2D eigenvalue weighted by Crippen LogP contribution is -2.39. The summed E-state index contributed by atoms with van der Waals surface area (Å²) in [5.74, 6) is -1.16. The molecular weight excluding hydrogens is 417 g/mol. The number of carbonyl (C=O) groups excluding carboxylic acids is 3. The van der Waals surface area contributed by atoms with E-state index in [-0.39, 0.29) is 42.5 Å². The molecule has 0 N–H and O–H groups in total. The number of esters is 2. The number of benzene rings is 1. The van der Waals surface area contributed by atoms with E-state index >= 15 is 0 Å². The van der Waals surface area contributed by atoms with E-state index in [1.165, 1.54) is 19.2 Å². The van der Waals surface area contributed by atoms with Crippen LogP contribution >= 0.6 is 0 Å². The minimum atomic E-state index is -0.507. The van der Waals surface area contributed by atoms with Crippen molar-refractivity contribution in [3.05, 3.63) is 41.8 Å². The van der Waals surface area contributed by atoms with Crippen LogP contribution in [0.1, 0.15) is 55.6 Å². The van der Waals surface area contributed by atoms with Crippen LogP contribution in [0.5, 0.6) is 0 Å². The molecule has 1 fully saturated rings. The lowest BCUT2D eigenvalue weighted by molar-refractivity contribution is -0.141. The molecule has 0 radical (unpaired) electrons. The number of hydrogen-bond donors (Lipinski definition) is 0. The number of ether oxygens (including phenoxy) is 2. The Morgan fingerprint density at radius 1 is 1.12 bits per heavy atom. The quantitative estimate of drug-likeness (QED) is 0.579. The molecule has 0 saturated carbocycles. The Morgan fingerprint density at radius 2 is 1.81 bits per heavy atom. The van der Waals surface area contributed by atoms with Crippen molar-refractivity contribution in [2.75, 3.05) is 26.8 Å². The Kier molecular flexibility index (Phi) is 7.97. The molecule has 1 aliphatic heterocycles. The molecule has 1 aromatic carbocycles. The number of carbonyl (C=O) groups is 3. The van der Waals surface area contributed by atoms with E-state index < -0.39 is 5.97 Å². The molecule has 0 aliphatic carbocycles. The predicted molar refractivity (Wildman–Crippen MR) is 114 cm³/mol. The summed E-state index contributed by atoms with van der Waals surface area (Å²) >= 11 is 0. The molecule has 1 amide bonds. The highest BCUT2D eigenvalue weighted by molar-refractivity contribution is 5.88. The minimum absolute atomic E-state index is 0.0128. The first-order valence-corrected chi connectivity index (χ1v) is 10.8. The van der Waals surface area contributed by atoms with E-state index in [2.05, 4.69) is 9.84 Å². The van der Waals surface area contributed by atoms with Gasteiger partial charge in [0.25, 0.3) is 0 Å². The second kappa shape index (κ2) is 10.9. The Morgan fingerprint density at radius 3 is 2.44 bits per heavy atom. The molecule has 1 aliphatic rings. The van der Waals surface area contributed by atoms with Crippen LogP contribution in [-0.2, 0) is 19.1 Å². The van der Waals surface area contributed by atoms with Crippen LogP contribution in [0, 0.1) is 5.82 Å². The van der Waals surface area contributed by atoms with Crippen molar-refractivity contribution in [1.29, 1.82) is 0 Å². The van der Waals surface area contributed by atoms with E-state index in [0.29, 0.717) is 44.5 Å². The largest absolute Gasteiger partial charge is 0.469 e. The topological polar surface area (TPSA) is 90.7 Å². The highest BCUT2D eigenvalue weighted by Gasteiger charge is 2.27. The fourth-order valence-corrected chi connectivity index (χ4v) is 3.82. The van der Waals surface area contributed by atoms with E-state index in [1.807, 2.05) is 0 Å². The van der Waals surface area contributed by atoms with Gasteiger partial charge in [-0.1, -0.05) is 0 Å². The first-order chi connectivity index (χ1) is 15.4. The third kappa shape index (κ3) is 5.72. The van der Waals surface area contributed by atoms with Gasteiger partial charge in [-0.3, -0.25) is 14.3 Å². The zero-order valence-electron chi connectivity index (χ0n) is 18.4. The van der Waals surface area contributed by atoms with Crippen LogP contribution in [0.3, 0.4) is 0 Å². The summed E-state index contributed by atoms with van der Waals surface area (Å²) in [4.78, 5) is 37.7. The summed E-state index contributed by atoms with van der Waals surface area (Å²) in [6.45, 7) is 3.08. The van der Waals surface area contributed by atoms with Crippen molar-refractivity contribution in [3.8, 4) is 11.3 Å². The van der Waals surface area contributed by atoms with Gasteiger partial charge in [0.15, 0.2) is 5.69 Å². The molecule has 172 valence electrons. The Hall–Kier alpha value is -3.23. The summed E-state index contributed by atoms with van der Waals surface area (Å²) in [6.07, 6.45) is 2.32. The summed E-state index contributed by atoms with van der Waals surface area (Å²) in [5, 5.41) is 4.49. The Balaban J connectivity index is 1.71. The van der Waals surface area contributed by atoms with Crippen molar-refractivity contribution in [3.63, 3.8) is 0 Å². The second-order valence-electron chi connectivity index (χ2n) is 7.63. The summed E-state index contributed by atoms with van der Waals surface area (Å²) < 4.78 is 24.9. The average molecular weight is 445 g/mol. The normalized spacial score (nSPS) is 14.3. The fourth-order valence-electron chi connectivity index (χ4n) is 3.82. The second-order valence-corrected chi connectivity index (χ2v) is 7.63. The van der Waals surface area contributed by atoms with Gasteiger partial charge in [0.1, 0.15) is 5.82 Å². The predicted octanol–water partition coefficient (Wildman–Crippen LogP) is 3.37. The van der Waals surface area contributed by atoms with Crippen LogP contribution in [0.25, 0.3) is 11.3 Å². The number of aromatic nitrogens is 2. The number of rotatable bonds is 8. The Labute approximate surface area is 186 Å². The van der Waals surface area contributed by atoms with Crippen molar-refractivity contribution in [2.45, 2.75) is 45.1 Å². The van der Waals surface area contributed by atoms with Gasteiger partial charge >= 0.3 is 11.9 Å². The monoisotopic (exact) mass is 445 g/mol. The van der Waals surface area contributed by atoms with E-state index in [4.69, 9.17) is 4.74 Å². The number of amides is 1. The number of halogens is 1. The summed E-state index contributed by atoms with van der Waals surface area (Å²) in [6, 6.07) is 7.68. The fraction of sp³-hybridized carbons (Fsp3) is 0.478. The molecule has 0 atom stereocenters. The van der Waals surface area contributed by atoms with Gasteiger partial charge in [0, 0.05) is 31.5 Å². The molecular formula is C23H28FN3O5. The van der Waals surface area contributed by atoms with Gasteiger partial charge in [-0.05, 0) is 56.5 Å². The molecule has 8 nitrogen and oxygen atoms in total. The number of piperidine rings is 1. The first-order valence-electron chi connectivity index (χ1n) is 10.8. The third-order valence-corrected chi connectivity index (χ3v) is 5.52. The maximum Gasteiger partial charge on any atom is 0.358 e. The first kappa shape index (κ1) is 23.4. The molecule has 0 unspecified atom stereocenters. The maximum absolute atomic E-state index is 13.4. The number of hydrogen-bond acceptors (Lipinski definition) is 6. The van der Waals surface area contributed by atoms with Gasteiger partial charge in [0.05, 0.1) is 25.5 Å². The average Bonchev–Trinajstić information content (AvgIpc) is 3.25. The van der Waals surface area contributed by atoms with Gasteiger partial charge in [-0.25, -0.2) is 9.18 Å². The number of methoxy groups -OCH3 is 1. The van der Waals surface area contributed by atoms with E-state index in [9.17, 15) is 18.8 Å². The van der Waals surface area contributed by atoms with Crippen LogP contribution in [0.4, 0.5) is 4.39 Å². The zero-order chi connectivity index (χ0) is 23.1. The minimum Gasteiger partial charge on any atom is -0.469 e. The van der Waals surface area contributed by atoms with Crippen LogP contribution in [-0.4, -0.2) is 59.3 Å². The van der Waals surface area contributed by atoms with Crippen molar-refractivity contribution >= 4 is 17.8 Å². The van der Waals surface area contributed by atoms with Gasteiger partial charge in [0.2, 0.25) is 5.91 Å². The molecule has 3 rings (SSSR count). The van der Waals surface area contributed by atoms with Crippen molar-refractivity contribution in [1.82, 2.24) is 14.7 Å². The molecule has 2 heterocycles. The lowest BCUT2D eigenvalue weighted by Gasteiger charge is -2.33. The molecule has 0 spiro atoms. The molecule has 2 aromatic rings. The lowest BCUT2D eigenvalue weighted by atomic mass is 10.0. The summed E-state index contributed by atoms with van der Waals surface area (Å²) in [5.41, 5.74) is 1.65. The molecule has 9 heteroatoms. The highest BCUT2D eigenvalue weighted by Crippen LogP contribution is 2.30. The zero-order valence-corrected chi connectivity index (χ0v) is 18.4. The van der Waals surface area contributed by atoms with Crippen molar-refractivity contribution in [2.24, 2.45) is 0 Å². The van der Waals surface area contributed by atoms with Crippen LogP contribution in [0.15, 0.2) is 30.3 Å². The number of likely N-dealkylation sites (tertiary alicyclic amines) is 1. The molecule has 1 saturated heterocycles. The molecule has 32 heavy (non-hydrogen) atoms. The van der Waals surface area contributed by atoms with Gasteiger partial charge < -0.3 is 14.4 Å². The highest BCUT2D eigenvalue weighted by atomic mass is 19.1. The number of nitrogens with zero attached hydrogens (tertiary/aromatic N) is 3. The molecule has 0 bridgehead atoms. The third-order valence-electron chi connectivity index (χ3n) is 5.52. The van der Waals surface area contributed by atoms with E-state index in [1.54, 1.807) is 34.7 Å². The summed E-state index contributed by atoms with van der Waals surface area (Å²) in [7, 11) is 1.33. The van der Waals surface area contributed by atoms with Crippen LogP contribution in [0.2, 0.25) is 0 Å².